The average Bonchev–Trinajstić information content (AvgIpc) is 2.44. The van der Waals surface area contributed by atoms with Gasteiger partial charge in [0.15, 0.2) is 5.96 Å². The molecule has 0 fully saturated rings. The summed E-state index contributed by atoms with van der Waals surface area (Å²) < 4.78 is 28.0. The fourth-order valence-electron chi connectivity index (χ4n) is 2.09. The molecule has 4 nitrogen and oxygen atoms in total. The standard InChI is InChI=1S/C16H26F2N4/c1-11(2)9-20-16(19-3)21-10-14(22(4)5)15-12(17)7-6-8-13(15)18/h6-8,11,14H,9-10H2,1-5H3,(H2,19,20,21). The number of guanidine groups is 1. The van der Waals surface area contributed by atoms with E-state index in [0.29, 0.717) is 18.4 Å². The Morgan fingerprint density at radius 3 is 2.14 bits per heavy atom. The lowest BCUT2D eigenvalue weighted by Gasteiger charge is -2.26. The van der Waals surface area contributed by atoms with Crippen LogP contribution in [-0.4, -0.2) is 45.1 Å². The molecule has 6 heteroatoms. The Morgan fingerprint density at radius 1 is 1.14 bits per heavy atom. The van der Waals surface area contributed by atoms with Crippen LogP contribution in [0.15, 0.2) is 23.2 Å². The fourth-order valence-corrected chi connectivity index (χ4v) is 2.09. The van der Waals surface area contributed by atoms with Crippen LogP contribution in [-0.2, 0) is 0 Å². The fraction of sp³-hybridized carbons (Fsp3) is 0.562. The van der Waals surface area contributed by atoms with Crippen LogP contribution in [0, 0.1) is 17.6 Å². The Morgan fingerprint density at radius 2 is 1.68 bits per heavy atom. The Bertz CT molecular complexity index is 481. The van der Waals surface area contributed by atoms with Crippen LogP contribution in [0.5, 0.6) is 0 Å². The first kappa shape index (κ1) is 18.4. The van der Waals surface area contributed by atoms with Gasteiger partial charge in [0.05, 0.1) is 6.04 Å². The second-order valence-corrected chi connectivity index (χ2v) is 5.84. The number of hydrogen-bond donors (Lipinski definition) is 2. The third kappa shape index (κ3) is 5.26. The van der Waals surface area contributed by atoms with Crippen molar-refractivity contribution in [1.82, 2.24) is 15.5 Å². The Labute approximate surface area is 131 Å². The first-order chi connectivity index (χ1) is 10.4. The van der Waals surface area contributed by atoms with E-state index < -0.39 is 17.7 Å². The van der Waals surface area contributed by atoms with Crippen molar-refractivity contribution in [1.29, 1.82) is 0 Å². The Balaban J connectivity index is 2.81. The molecule has 22 heavy (non-hydrogen) atoms. The van der Waals surface area contributed by atoms with Gasteiger partial charge in [-0.05, 0) is 32.1 Å². The Hall–Kier alpha value is -1.69. The minimum absolute atomic E-state index is 0.0688. The van der Waals surface area contributed by atoms with Crippen LogP contribution in [0.25, 0.3) is 0 Å². The van der Waals surface area contributed by atoms with Crippen LogP contribution in [0.3, 0.4) is 0 Å². The van der Waals surface area contributed by atoms with E-state index in [0.717, 1.165) is 6.54 Å². The molecule has 1 atom stereocenters. The quantitative estimate of drug-likeness (QED) is 0.626. The highest BCUT2D eigenvalue weighted by Gasteiger charge is 2.22. The van der Waals surface area contributed by atoms with Gasteiger partial charge >= 0.3 is 0 Å². The van der Waals surface area contributed by atoms with Crippen LogP contribution >= 0.6 is 0 Å². The van der Waals surface area contributed by atoms with E-state index in [1.54, 1.807) is 26.0 Å². The molecule has 1 rings (SSSR count). The lowest BCUT2D eigenvalue weighted by Crippen LogP contribution is -2.43. The summed E-state index contributed by atoms with van der Waals surface area (Å²) in [5.74, 6) is 0.0285. The molecule has 1 aromatic rings. The van der Waals surface area contributed by atoms with E-state index in [1.807, 2.05) is 0 Å². The zero-order chi connectivity index (χ0) is 16.7. The molecule has 0 amide bonds. The zero-order valence-corrected chi connectivity index (χ0v) is 14.0. The highest BCUT2D eigenvalue weighted by molar-refractivity contribution is 5.79. The van der Waals surface area contributed by atoms with Gasteiger partial charge in [0.1, 0.15) is 11.6 Å². The second-order valence-electron chi connectivity index (χ2n) is 5.84. The molecular formula is C16H26F2N4. The van der Waals surface area contributed by atoms with Gasteiger partial charge in [-0.3, -0.25) is 4.99 Å². The van der Waals surface area contributed by atoms with Crippen molar-refractivity contribution in [2.24, 2.45) is 10.9 Å². The van der Waals surface area contributed by atoms with Crippen molar-refractivity contribution in [2.45, 2.75) is 19.9 Å². The predicted molar refractivity (Wildman–Crippen MR) is 87.0 cm³/mol. The molecule has 0 spiro atoms. The van der Waals surface area contributed by atoms with Gasteiger partial charge in [0.25, 0.3) is 0 Å². The van der Waals surface area contributed by atoms with Crippen LogP contribution in [0.1, 0.15) is 25.5 Å². The lowest BCUT2D eigenvalue weighted by atomic mass is 10.0. The topological polar surface area (TPSA) is 39.7 Å². The number of rotatable bonds is 6. The number of likely N-dealkylation sites (N-methyl/N-ethyl adjacent to an activating group) is 1. The van der Waals surface area contributed by atoms with Gasteiger partial charge in [-0.15, -0.1) is 0 Å². The second kappa shape index (κ2) is 8.68. The number of nitrogens with one attached hydrogen (secondary N) is 2. The molecule has 0 bridgehead atoms. The van der Waals surface area contributed by atoms with Crippen LogP contribution in [0.4, 0.5) is 8.78 Å². The number of hydrogen-bond acceptors (Lipinski definition) is 2. The number of aliphatic imine (C=N–C) groups is 1. The number of nitrogens with zero attached hydrogens (tertiary/aromatic N) is 2. The highest BCUT2D eigenvalue weighted by Crippen LogP contribution is 2.23. The molecule has 0 saturated heterocycles. The largest absolute Gasteiger partial charge is 0.356 e. The maximum Gasteiger partial charge on any atom is 0.191 e. The minimum Gasteiger partial charge on any atom is -0.356 e. The van der Waals surface area contributed by atoms with Gasteiger partial charge in [0, 0.05) is 25.7 Å². The summed E-state index contributed by atoms with van der Waals surface area (Å²) in [4.78, 5) is 5.90. The monoisotopic (exact) mass is 312 g/mol. The summed E-state index contributed by atoms with van der Waals surface area (Å²) >= 11 is 0. The number of benzene rings is 1. The van der Waals surface area contributed by atoms with Gasteiger partial charge < -0.3 is 15.5 Å². The summed E-state index contributed by atoms with van der Waals surface area (Å²) in [7, 11) is 5.26. The molecule has 0 saturated carbocycles. The summed E-state index contributed by atoms with van der Waals surface area (Å²) in [5.41, 5.74) is 0.0688. The summed E-state index contributed by atoms with van der Waals surface area (Å²) in [6.07, 6.45) is 0. The first-order valence-electron chi connectivity index (χ1n) is 7.41. The molecule has 0 radical (unpaired) electrons. The van der Waals surface area contributed by atoms with E-state index in [4.69, 9.17) is 0 Å². The molecule has 0 heterocycles. The zero-order valence-electron chi connectivity index (χ0n) is 14.0. The van der Waals surface area contributed by atoms with Crippen molar-refractivity contribution in [3.05, 3.63) is 35.4 Å². The van der Waals surface area contributed by atoms with Crippen molar-refractivity contribution in [3.8, 4) is 0 Å². The predicted octanol–water partition coefficient (Wildman–Crippen LogP) is 2.39. The normalized spacial score (nSPS) is 13.6. The van der Waals surface area contributed by atoms with E-state index in [9.17, 15) is 8.78 Å². The van der Waals surface area contributed by atoms with E-state index >= 15 is 0 Å². The van der Waals surface area contributed by atoms with E-state index in [1.165, 1.54) is 18.2 Å². The summed E-state index contributed by atoms with van der Waals surface area (Å²) in [5, 5.41) is 6.30. The van der Waals surface area contributed by atoms with Crippen molar-refractivity contribution in [2.75, 3.05) is 34.2 Å². The third-order valence-corrected chi connectivity index (χ3v) is 3.32. The smallest absolute Gasteiger partial charge is 0.191 e. The maximum absolute atomic E-state index is 14.0. The maximum atomic E-state index is 14.0. The first-order valence-corrected chi connectivity index (χ1v) is 7.41. The highest BCUT2D eigenvalue weighted by atomic mass is 19.1. The van der Waals surface area contributed by atoms with Crippen molar-refractivity contribution >= 4 is 5.96 Å². The molecule has 2 N–H and O–H groups in total. The minimum atomic E-state index is -0.536. The SMILES string of the molecule is CN=C(NCC(C)C)NCC(c1c(F)cccc1F)N(C)C. The van der Waals surface area contributed by atoms with Gasteiger partial charge in [-0.1, -0.05) is 19.9 Å². The molecule has 0 aromatic heterocycles. The molecule has 124 valence electrons. The van der Waals surface area contributed by atoms with Gasteiger partial charge in [-0.25, -0.2) is 8.78 Å². The molecule has 0 aliphatic heterocycles. The van der Waals surface area contributed by atoms with Crippen molar-refractivity contribution in [3.63, 3.8) is 0 Å². The molecule has 1 aromatic carbocycles. The van der Waals surface area contributed by atoms with Crippen molar-refractivity contribution < 1.29 is 8.78 Å². The molecule has 0 aliphatic carbocycles. The summed E-state index contributed by atoms with van der Waals surface area (Å²) in [6.45, 7) is 5.32. The summed E-state index contributed by atoms with van der Waals surface area (Å²) in [6, 6.07) is 3.50. The number of halogens is 2. The molecule has 0 aliphatic rings. The molecular weight excluding hydrogens is 286 g/mol. The average molecular weight is 312 g/mol. The third-order valence-electron chi connectivity index (χ3n) is 3.32. The van der Waals surface area contributed by atoms with Gasteiger partial charge in [-0.2, -0.15) is 0 Å². The van der Waals surface area contributed by atoms with Crippen LogP contribution < -0.4 is 10.6 Å². The molecule has 1 unspecified atom stereocenters. The Kier molecular flexibility index (Phi) is 7.24. The van der Waals surface area contributed by atoms with Crippen LogP contribution in [0.2, 0.25) is 0 Å². The lowest BCUT2D eigenvalue weighted by molar-refractivity contribution is 0.282. The van der Waals surface area contributed by atoms with E-state index in [-0.39, 0.29) is 5.56 Å². The van der Waals surface area contributed by atoms with E-state index in [2.05, 4.69) is 29.5 Å². The van der Waals surface area contributed by atoms with Gasteiger partial charge in [0.2, 0.25) is 0 Å².